The van der Waals surface area contributed by atoms with Gasteiger partial charge in [-0.2, -0.15) is 0 Å². The quantitative estimate of drug-likeness (QED) is 0.418. The minimum Gasteiger partial charge on any atom is -0.412 e. The molecule has 1 nitrogen and oxygen atoms in total. The lowest BCUT2D eigenvalue weighted by Crippen LogP contribution is -1.81. The van der Waals surface area contributed by atoms with E-state index < -0.39 is 0 Å². The van der Waals surface area contributed by atoms with Crippen molar-refractivity contribution in [3.63, 3.8) is 0 Å². The van der Waals surface area contributed by atoms with Crippen molar-refractivity contribution < 1.29 is 5.48 Å². The SMILES string of the molecule is CCCCCPCCCCC.O. The molecule has 0 unspecified atom stereocenters. The lowest BCUT2D eigenvalue weighted by Gasteiger charge is -1.99. The van der Waals surface area contributed by atoms with Crippen molar-refractivity contribution in [3.05, 3.63) is 0 Å². The van der Waals surface area contributed by atoms with Crippen LogP contribution in [0.25, 0.3) is 0 Å². The molecule has 0 atom stereocenters. The van der Waals surface area contributed by atoms with Gasteiger partial charge in [0, 0.05) is 0 Å². The van der Waals surface area contributed by atoms with E-state index in [2.05, 4.69) is 13.8 Å². The van der Waals surface area contributed by atoms with E-state index in [1.54, 1.807) is 0 Å². The van der Waals surface area contributed by atoms with Gasteiger partial charge in [-0.25, -0.2) is 0 Å². The molecule has 0 aromatic carbocycles. The molecule has 0 fully saturated rings. The second-order valence-electron chi connectivity index (χ2n) is 3.16. The first kappa shape index (κ1) is 14.9. The smallest absolute Gasteiger partial charge is 0.0353 e. The highest BCUT2D eigenvalue weighted by Crippen LogP contribution is 2.15. The molecule has 12 heavy (non-hydrogen) atoms. The van der Waals surface area contributed by atoms with Gasteiger partial charge in [0.1, 0.15) is 0 Å². The summed E-state index contributed by atoms with van der Waals surface area (Å²) in [5, 5.41) is 0. The molecule has 0 aromatic heterocycles. The van der Waals surface area contributed by atoms with Gasteiger partial charge < -0.3 is 5.48 Å². The van der Waals surface area contributed by atoms with Crippen LogP contribution < -0.4 is 0 Å². The minimum atomic E-state index is 0. The van der Waals surface area contributed by atoms with Crippen LogP contribution in [0.15, 0.2) is 0 Å². The van der Waals surface area contributed by atoms with Gasteiger partial charge in [-0.1, -0.05) is 39.5 Å². The summed E-state index contributed by atoms with van der Waals surface area (Å²) in [5.41, 5.74) is 0. The van der Waals surface area contributed by atoms with Crippen LogP contribution in [0.5, 0.6) is 0 Å². The summed E-state index contributed by atoms with van der Waals surface area (Å²) >= 11 is 0. The van der Waals surface area contributed by atoms with E-state index in [4.69, 9.17) is 0 Å². The Morgan fingerprint density at radius 3 is 1.50 bits per heavy atom. The van der Waals surface area contributed by atoms with Crippen molar-refractivity contribution in [1.82, 2.24) is 0 Å². The van der Waals surface area contributed by atoms with Gasteiger partial charge in [-0.15, -0.1) is 8.58 Å². The van der Waals surface area contributed by atoms with Crippen LogP contribution in [-0.2, 0) is 0 Å². The van der Waals surface area contributed by atoms with E-state index in [1.807, 2.05) is 0 Å². The molecule has 2 heteroatoms. The molecule has 76 valence electrons. The molecule has 0 aliphatic heterocycles. The van der Waals surface area contributed by atoms with Crippen LogP contribution >= 0.6 is 8.58 Å². The van der Waals surface area contributed by atoms with E-state index in [-0.39, 0.29) is 5.48 Å². The molecule has 2 N–H and O–H groups in total. The van der Waals surface area contributed by atoms with Crippen molar-refractivity contribution >= 4 is 8.58 Å². The first-order valence-electron chi connectivity index (χ1n) is 5.12. The average molecular weight is 192 g/mol. The van der Waals surface area contributed by atoms with E-state index in [9.17, 15) is 0 Å². The second-order valence-corrected chi connectivity index (χ2v) is 4.66. The molecule has 0 bridgehead atoms. The van der Waals surface area contributed by atoms with Gasteiger partial charge in [0.15, 0.2) is 0 Å². The fourth-order valence-electron chi connectivity index (χ4n) is 1.12. The Kier molecular flexibility index (Phi) is 17.3. The monoisotopic (exact) mass is 192 g/mol. The molecule has 0 aromatic rings. The van der Waals surface area contributed by atoms with Crippen molar-refractivity contribution in [2.75, 3.05) is 12.3 Å². The van der Waals surface area contributed by atoms with Gasteiger partial charge >= 0.3 is 0 Å². The van der Waals surface area contributed by atoms with Gasteiger partial charge in [-0.05, 0) is 25.2 Å². The fraction of sp³-hybridized carbons (Fsp3) is 1.00. The van der Waals surface area contributed by atoms with Crippen molar-refractivity contribution in [2.45, 2.75) is 52.4 Å². The summed E-state index contributed by atoms with van der Waals surface area (Å²) in [6, 6.07) is 0. The second kappa shape index (κ2) is 13.9. The van der Waals surface area contributed by atoms with Crippen molar-refractivity contribution in [3.8, 4) is 0 Å². The number of unbranched alkanes of at least 4 members (excludes halogenated alkanes) is 4. The molecule has 0 radical (unpaired) electrons. The lowest BCUT2D eigenvalue weighted by molar-refractivity contribution is 0.765. The third-order valence-corrected chi connectivity index (χ3v) is 3.33. The maximum atomic E-state index is 2.28. The lowest BCUT2D eigenvalue weighted by atomic mass is 10.3. The number of rotatable bonds is 8. The predicted molar refractivity (Wildman–Crippen MR) is 60.7 cm³/mol. The first-order valence-corrected chi connectivity index (χ1v) is 6.54. The summed E-state index contributed by atoms with van der Waals surface area (Å²) in [7, 11) is 1.25. The van der Waals surface area contributed by atoms with E-state index in [0.29, 0.717) is 0 Å². The Balaban J connectivity index is 0. The molecule has 0 aliphatic rings. The molecule has 0 spiro atoms. The van der Waals surface area contributed by atoms with Gasteiger partial charge in [-0.3, -0.25) is 0 Å². The first-order chi connectivity index (χ1) is 5.41. The maximum Gasteiger partial charge on any atom is -0.0353 e. The molecule has 0 heterocycles. The largest absolute Gasteiger partial charge is 0.412 e. The maximum absolute atomic E-state index is 2.28. The molecule has 0 saturated carbocycles. The van der Waals surface area contributed by atoms with Crippen molar-refractivity contribution in [2.24, 2.45) is 0 Å². The third kappa shape index (κ3) is 13.0. The van der Waals surface area contributed by atoms with E-state index in [0.717, 1.165) is 0 Å². The van der Waals surface area contributed by atoms with Crippen LogP contribution in [0.1, 0.15) is 52.4 Å². The zero-order chi connectivity index (χ0) is 8.36. The minimum absolute atomic E-state index is 0. The molecular formula is C10H25OP. The highest BCUT2D eigenvalue weighted by molar-refractivity contribution is 7.37. The average Bonchev–Trinajstić information content (AvgIpc) is 2.03. The third-order valence-electron chi connectivity index (χ3n) is 1.91. The van der Waals surface area contributed by atoms with Crippen LogP contribution in [0.4, 0.5) is 0 Å². The Bertz CT molecular complexity index is 58.9. The Morgan fingerprint density at radius 2 is 1.17 bits per heavy atom. The van der Waals surface area contributed by atoms with Crippen LogP contribution in [-0.4, -0.2) is 17.8 Å². The van der Waals surface area contributed by atoms with Crippen LogP contribution in [0.2, 0.25) is 0 Å². The summed E-state index contributed by atoms with van der Waals surface area (Å²) in [6.45, 7) is 4.56. The van der Waals surface area contributed by atoms with Gasteiger partial charge in [0.2, 0.25) is 0 Å². The van der Waals surface area contributed by atoms with E-state index >= 15 is 0 Å². The summed E-state index contributed by atoms with van der Waals surface area (Å²) < 4.78 is 0. The van der Waals surface area contributed by atoms with Crippen molar-refractivity contribution in [1.29, 1.82) is 0 Å². The summed E-state index contributed by atoms with van der Waals surface area (Å²) in [6.07, 6.45) is 11.6. The zero-order valence-electron chi connectivity index (χ0n) is 8.66. The Hall–Kier alpha value is 0.390. The summed E-state index contributed by atoms with van der Waals surface area (Å²) in [4.78, 5) is 0. The number of hydrogen-bond acceptors (Lipinski definition) is 0. The van der Waals surface area contributed by atoms with E-state index in [1.165, 1.54) is 59.4 Å². The fourth-order valence-corrected chi connectivity index (χ4v) is 2.37. The topological polar surface area (TPSA) is 31.5 Å². The molecule has 0 amide bonds. The molecule has 0 saturated heterocycles. The normalized spacial score (nSPS) is 9.50. The number of hydrogen-bond donors (Lipinski definition) is 0. The van der Waals surface area contributed by atoms with Crippen LogP contribution in [0.3, 0.4) is 0 Å². The molecular weight excluding hydrogens is 167 g/mol. The zero-order valence-corrected chi connectivity index (χ0v) is 9.66. The van der Waals surface area contributed by atoms with Gasteiger partial charge in [0.25, 0.3) is 0 Å². The Morgan fingerprint density at radius 1 is 0.750 bits per heavy atom. The Labute approximate surface area is 79.4 Å². The molecule has 0 rings (SSSR count). The molecule has 0 aliphatic carbocycles. The predicted octanol–water partition coefficient (Wildman–Crippen LogP) is 3.22. The van der Waals surface area contributed by atoms with Crippen LogP contribution in [0, 0.1) is 0 Å². The summed E-state index contributed by atoms with van der Waals surface area (Å²) in [5.74, 6) is 0. The highest BCUT2D eigenvalue weighted by atomic mass is 31.1. The highest BCUT2D eigenvalue weighted by Gasteiger charge is 1.88. The standard InChI is InChI=1S/C10H23P.H2O/c1-3-5-7-9-11-10-8-6-4-2;/h11H,3-10H2,1-2H3;1H2. The van der Waals surface area contributed by atoms with Gasteiger partial charge in [0.05, 0.1) is 0 Å².